The fraction of sp³-hybridized carbons (Fsp3) is 0.143. The van der Waals surface area contributed by atoms with E-state index in [1.807, 2.05) is 0 Å². The molecule has 0 aliphatic rings. The Morgan fingerprint density at radius 3 is 2.92 bits per heavy atom. The molecule has 0 aliphatic carbocycles. The van der Waals surface area contributed by atoms with Crippen molar-refractivity contribution in [3.8, 4) is 0 Å². The number of hydrogen-bond acceptors (Lipinski definition) is 2. The maximum Gasteiger partial charge on any atom is 0.309 e. The summed E-state index contributed by atoms with van der Waals surface area (Å²) in [5, 5.41) is 8.78. The molecule has 0 fully saturated rings. The minimum atomic E-state index is -0.925. The van der Waals surface area contributed by atoms with Gasteiger partial charge in [0, 0.05) is 4.47 Å². The molecule has 0 unspecified atom stereocenters. The summed E-state index contributed by atoms with van der Waals surface area (Å²) in [4.78, 5) is 14.2. The fourth-order valence-electron chi connectivity index (χ4n) is 0.725. The van der Waals surface area contributed by atoms with Gasteiger partial charge in [-0.3, -0.25) is 4.79 Å². The summed E-state index contributed by atoms with van der Waals surface area (Å²) >= 11 is 8.75. The normalized spacial score (nSPS) is 9.83. The largest absolute Gasteiger partial charge is 0.481 e. The van der Waals surface area contributed by atoms with E-state index in [0.29, 0.717) is 15.3 Å². The van der Waals surface area contributed by atoms with Crippen molar-refractivity contribution in [3.05, 3.63) is 27.5 Å². The van der Waals surface area contributed by atoms with Gasteiger partial charge in [-0.2, -0.15) is 0 Å². The maximum atomic E-state index is 10.3. The van der Waals surface area contributed by atoms with E-state index in [2.05, 4.69) is 20.9 Å². The lowest BCUT2D eigenvalue weighted by atomic mass is 10.3. The van der Waals surface area contributed by atoms with Crippen LogP contribution >= 0.6 is 27.5 Å². The van der Waals surface area contributed by atoms with Gasteiger partial charge in [0.1, 0.15) is 5.15 Å². The third-order valence-electron chi connectivity index (χ3n) is 1.20. The van der Waals surface area contributed by atoms with E-state index in [4.69, 9.17) is 16.7 Å². The summed E-state index contributed by atoms with van der Waals surface area (Å²) in [6.07, 6.45) is -0.124. The van der Waals surface area contributed by atoms with Gasteiger partial charge in [-0.1, -0.05) is 11.6 Å². The van der Waals surface area contributed by atoms with E-state index in [1.165, 1.54) is 0 Å². The number of carboxylic acids is 1. The molecule has 0 saturated heterocycles. The number of aromatic nitrogens is 1. The standard InChI is InChI=1S/C7H5BrClNO2/c8-4-1-2-6(9)10-5(4)3-7(11)12/h1-2H,3H2,(H,11,12). The van der Waals surface area contributed by atoms with Crippen molar-refractivity contribution in [1.82, 2.24) is 4.98 Å². The van der Waals surface area contributed by atoms with Crippen molar-refractivity contribution in [2.45, 2.75) is 6.42 Å². The third kappa shape index (κ3) is 2.46. The lowest BCUT2D eigenvalue weighted by Gasteiger charge is -1.99. The molecule has 0 aromatic carbocycles. The predicted octanol–water partition coefficient (Wildman–Crippen LogP) is 2.12. The lowest BCUT2D eigenvalue weighted by Crippen LogP contribution is -2.03. The quantitative estimate of drug-likeness (QED) is 0.818. The molecule has 12 heavy (non-hydrogen) atoms. The SMILES string of the molecule is O=C(O)Cc1nc(Cl)ccc1Br. The highest BCUT2D eigenvalue weighted by Crippen LogP contribution is 2.17. The number of halogens is 2. The molecule has 64 valence electrons. The number of hydrogen-bond donors (Lipinski definition) is 1. The van der Waals surface area contributed by atoms with Gasteiger partial charge < -0.3 is 5.11 Å². The zero-order valence-electron chi connectivity index (χ0n) is 5.92. The van der Waals surface area contributed by atoms with Crippen LogP contribution in [0.3, 0.4) is 0 Å². The number of rotatable bonds is 2. The van der Waals surface area contributed by atoms with Crippen LogP contribution < -0.4 is 0 Å². The Morgan fingerprint density at radius 2 is 2.33 bits per heavy atom. The van der Waals surface area contributed by atoms with E-state index in [1.54, 1.807) is 12.1 Å². The van der Waals surface area contributed by atoms with Gasteiger partial charge in [0.25, 0.3) is 0 Å². The van der Waals surface area contributed by atoms with Crippen molar-refractivity contribution in [2.75, 3.05) is 0 Å². The van der Waals surface area contributed by atoms with Crippen LogP contribution in [0, 0.1) is 0 Å². The Balaban J connectivity index is 2.97. The molecule has 0 bridgehead atoms. The minimum Gasteiger partial charge on any atom is -0.481 e. The molecule has 5 heteroatoms. The summed E-state index contributed by atoms with van der Waals surface area (Å²) in [5.41, 5.74) is 0.440. The molecule has 1 N–H and O–H groups in total. The average Bonchev–Trinajstić information content (AvgIpc) is 1.96. The van der Waals surface area contributed by atoms with E-state index >= 15 is 0 Å². The van der Waals surface area contributed by atoms with Crippen molar-refractivity contribution in [1.29, 1.82) is 0 Å². The zero-order chi connectivity index (χ0) is 9.14. The highest BCUT2D eigenvalue weighted by molar-refractivity contribution is 9.10. The molecule has 1 heterocycles. The van der Waals surface area contributed by atoms with Gasteiger partial charge >= 0.3 is 5.97 Å². The molecule has 0 saturated carbocycles. The Hall–Kier alpha value is -0.610. The first kappa shape index (κ1) is 9.48. The first-order chi connectivity index (χ1) is 5.59. The fourth-order valence-corrected chi connectivity index (χ4v) is 1.25. The van der Waals surface area contributed by atoms with E-state index in [-0.39, 0.29) is 6.42 Å². The topological polar surface area (TPSA) is 50.2 Å². The van der Waals surface area contributed by atoms with Crippen LogP contribution in [0.4, 0.5) is 0 Å². The molecule has 0 aliphatic heterocycles. The van der Waals surface area contributed by atoms with Crippen LogP contribution in [0.15, 0.2) is 16.6 Å². The molecule has 1 rings (SSSR count). The number of pyridine rings is 1. The molecule has 0 spiro atoms. The summed E-state index contributed by atoms with van der Waals surface area (Å²) in [7, 11) is 0. The van der Waals surface area contributed by atoms with Gasteiger partial charge in [-0.25, -0.2) is 4.98 Å². The van der Waals surface area contributed by atoms with Gasteiger partial charge in [0.15, 0.2) is 0 Å². The monoisotopic (exact) mass is 249 g/mol. The van der Waals surface area contributed by atoms with E-state index < -0.39 is 5.97 Å². The second-order valence-corrected chi connectivity index (χ2v) is 3.37. The molecular formula is C7H5BrClNO2. The second kappa shape index (κ2) is 3.87. The Bertz CT molecular complexity index is 316. The predicted molar refractivity (Wildman–Crippen MR) is 48.3 cm³/mol. The van der Waals surface area contributed by atoms with Crippen molar-refractivity contribution < 1.29 is 9.90 Å². The number of carboxylic acid groups (broad SMARTS) is 1. The van der Waals surface area contributed by atoms with E-state index in [0.717, 1.165) is 0 Å². The molecule has 0 atom stereocenters. The van der Waals surface area contributed by atoms with Crippen LogP contribution in [-0.4, -0.2) is 16.1 Å². The Kier molecular flexibility index (Phi) is 3.05. The maximum absolute atomic E-state index is 10.3. The zero-order valence-corrected chi connectivity index (χ0v) is 8.26. The van der Waals surface area contributed by atoms with Gasteiger partial charge in [0.05, 0.1) is 12.1 Å². The smallest absolute Gasteiger partial charge is 0.309 e. The van der Waals surface area contributed by atoms with Gasteiger partial charge in [-0.15, -0.1) is 0 Å². The first-order valence-corrected chi connectivity index (χ1v) is 4.29. The second-order valence-electron chi connectivity index (χ2n) is 2.13. The van der Waals surface area contributed by atoms with Gasteiger partial charge in [-0.05, 0) is 28.1 Å². The molecule has 1 aromatic rings. The number of nitrogens with zero attached hydrogens (tertiary/aromatic N) is 1. The van der Waals surface area contributed by atoms with Crippen LogP contribution in [0.5, 0.6) is 0 Å². The van der Waals surface area contributed by atoms with Crippen LogP contribution in [0.25, 0.3) is 0 Å². The van der Waals surface area contributed by atoms with Crippen molar-refractivity contribution in [3.63, 3.8) is 0 Å². The average molecular weight is 250 g/mol. The molecular weight excluding hydrogens is 245 g/mol. The molecule has 3 nitrogen and oxygen atoms in total. The van der Waals surface area contributed by atoms with Crippen molar-refractivity contribution in [2.24, 2.45) is 0 Å². The summed E-state index contributed by atoms with van der Waals surface area (Å²) in [6.45, 7) is 0. The minimum absolute atomic E-state index is 0.124. The molecule has 1 aromatic heterocycles. The number of aliphatic carboxylic acids is 1. The first-order valence-electron chi connectivity index (χ1n) is 3.12. The third-order valence-corrected chi connectivity index (χ3v) is 2.14. The summed E-state index contributed by atoms with van der Waals surface area (Å²) < 4.78 is 0.661. The van der Waals surface area contributed by atoms with Gasteiger partial charge in [0.2, 0.25) is 0 Å². The van der Waals surface area contributed by atoms with Crippen LogP contribution in [0.2, 0.25) is 5.15 Å². The highest BCUT2D eigenvalue weighted by Gasteiger charge is 2.06. The Labute approximate surface area is 82.5 Å². The summed E-state index contributed by atoms with van der Waals surface area (Å²) in [6, 6.07) is 3.27. The van der Waals surface area contributed by atoms with Crippen molar-refractivity contribution >= 4 is 33.5 Å². The van der Waals surface area contributed by atoms with Crippen LogP contribution in [0.1, 0.15) is 5.69 Å². The van der Waals surface area contributed by atoms with E-state index in [9.17, 15) is 4.79 Å². The highest BCUT2D eigenvalue weighted by atomic mass is 79.9. The molecule has 0 radical (unpaired) electrons. The Morgan fingerprint density at radius 1 is 1.67 bits per heavy atom. The lowest BCUT2D eigenvalue weighted by molar-refractivity contribution is -0.136. The number of carbonyl (C=O) groups is 1. The molecule has 0 amide bonds. The van der Waals surface area contributed by atoms with Crippen LogP contribution in [-0.2, 0) is 11.2 Å². The summed E-state index contributed by atoms with van der Waals surface area (Å²) in [5.74, 6) is -0.925.